The van der Waals surface area contributed by atoms with E-state index in [9.17, 15) is 9.59 Å². The Morgan fingerprint density at radius 1 is 0.970 bits per heavy atom. The number of aromatic nitrogens is 1. The molecule has 0 saturated heterocycles. The van der Waals surface area contributed by atoms with Crippen LogP contribution < -0.4 is 15.4 Å². The van der Waals surface area contributed by atoms with E-state index >= 15 is 0 Å². The molecule has 2 aromatic heterocycles. The second-order valence-electron chi connectivity index (χ2n) is 7.43. The Morgan fingerprint density at radius 3 is 2.36 bits per heavy atom. The number of benzene rings is 2. The van der Waals surface area contributed by atoms with E-state index in [0.717, 1.165) is 22.6 Å². The maximum Gasteiger partial charge on any atom is 0.291 e. The number of carbonyl (C=O) groups is 2. The van der Waals surface area contributed by atoms with Gasteiger partial charge >= 0.3 is 0 Å². The van der Waals surface area contributed by atoms with Crippen molar-refractivity contribution in [3.05, 3.63) is 101 Å². The van der Waals surface area contributed by atoms with Crippen LogP contribution >= 0.6 is 0 Å². The number of hydrogen-bond acceptors (Lipinski definition) is 6. The van der Waals surface area contributed by atoms with Gasteiger partial charge in [0.05, 0.1) is 17.5 Å². The van der Waals surface area contributed by atoms with Crippen LogP contribution in [0.25, 0.3) is 0 Å². The Kier molecular flexibility index (Phi) is 6.54. The van der Waals surface area contributed by atoms with Crippen molar-refractivity contribution < 1.29 is 23.3 Å². The molecule has 0 aliphatic heterocycles. The zero-order chi connectivity index (χ0) is 23.2. The molecule has 0 unspecified atom stereocenters. The second-order valence-corrected chi connectivity index (χ2v) is 7.43. The number of anilines is 1. The third-order valence-corrected chi connectivity index (χ3v) is 5.09. The van der Waals surface area contributed by atoms with Gasteiger partial charge in [0.15, 0.2) is 5.76 Å². The molecule has 0 spiro atoms. The van der Waals surface area contributed by atoms with Crippen LogP contribution in [0.1, 0.15) is 43.5 Å². The molecule has 0 radical (unpaired) electrons. The standard InChI is InChI=1S/C25H23N3O5/c1-16-22(17(2)33-28-16)15-32-21-11-7-19(8-12-21)24(29)26-14-18-5-9-20(10-6-18)27-25(30)23-4-3-13-31-23/h3-13H,14-15H2,1-2H3,(H,26,29)(H,27,30). The molecule has 0 bridgehead atoms. The maximum absolute atomic E-state index is 12.5. The van der Waals surface area contributed by atoms with Crippen LogP contribution in [0, 0.1) is 13.8 Å². The Balaban J connectivity index is 1.26. The first-order valence-electron chi connectivity index (χ1n) is 10.4. The number of carbonyl (C=O) groups excluding carboxylic acids is 2. The summed E-state index contributed by atoms with van der Waals surface area (Å²) in [5.74, 6) is 1.12. The van der Waals surface area contributed by atoms with Crippen LogP contribution in [0.4, 0.5) is 5.69 Å². The van der Waals surface area contributed by atoms with Crippen LogP contribution in [0.3, 0.4) is 0 Å². The molecule has 0 atom stereocenters. The third kappa shape index (κ3) is 5.48. The number of ether oxygens (including phenoxy) is 1. The average molecular weight is 445 g/mol. The van der Waals surface area contributed by atoms with Gasteiger partial charge in [-0.1, -0.05) is 17.3 Å². The highest BCUT2D eigenvalue weighted by Crippen LogP contribution is 2.18. The molecule has 0 fully saturated rings. The molecule has 8 heteroatoms. The van der Waals surface area contributed by atoms with Gasteiger partial charge in [-0.25, -0.2) is 0 Å². The van der Waals surface area contributed by atoms with Gasteiger partial charge in [0.2, 0.25) is 0 Å². The number of aryl methyl sites for hydroxylation is 2. The summed E-state index contributed by atoms with van der Waals surface area (Å²) in [7, 11) is 0. The molecule has 0 saturated carbocycles. The molecule has 2 N–H and O–H groups in total. The smallest absolute Gasteiger partial charge is 0.291 e. The van der Waals surface area contributed by atoms with Crippen LogP contribution in [0.5, 0.6) is 5.75 Å². The lowest BCUT2D eigenvalue weighted by atomic mass is 10.1. The predicted molar refractivity (Wildman–Crippen MR) is 121 cm³/mol. The van der Waals surface area contributed by atoms with E-state index < -0.39 is 0 Å². The van der Waals surface area contributed by atoms with E-state index in [0.29, 0.717) is 30.2 Å². The summed E-state index contributed by atoms with van der Waals surface area (Å²) in [6.45, 7) is 4.42. The van der Waals surface area contributed by atoms with Gasteiger partial charge in [0.25, 0.3) is 11.8 Å². The summed E-state index contributed by atoms with van der Waals surface area (Å²) in [4.78, 5) is 24.5. The quantitative estimate of drug-likeness (QED) is 0.409. The molecule has 4 aromatic rings. The molecule has 8 nitrogen and oxygen atoms in total. The normalized spacial score (nSPS) is 10.6. The highest BCUT2D eigenvalue weighted by atomic mass is 16.5. The van der Waals surface area contributed by atoms with Crippen molar-refractivity contribution in [1.29, 1.82) is 0 Å². The van der Waals surface area contributed by atoms with Gasteiger partial charge in [-0.2, -0.15) is 0 Å². The number of nitrogens with one attached hydrogen (secondary N) is 2. The molecule has 2 amide bonds. The summed E-state index contributed by atoms with van der Waals surface area (Å²) < 4.78 is 16.0. The van der Waals surface area contributed by atoms with E-state index in [1.807, 2.05) is 26.0 Å². The molecule has 2 heterocycles. The summed E-state index contributed by atoms with van der Waals surface area (Å²) >= 11 is 0. The van der Waals surface area contributed by atoms with Crippen molar-refractivity contribution in [2.45, 2.75) is 27.0 Å². The predicted octanol–water partition coefficient (Wildman–Crippen LogP) is 4.65. The number of rotatable bonds is 8. The summed E-state index contributed by atoms with van der Waals surface area (Å²) in [5.41, 5.74) is 3.79. The number of amides is 2. The largest absolute Gasteiger partial charge is 0.489 e. The molecule has 168 valence electrons. The molecular weight excluding hydrogens is 422 g/mol. The fourth-order valence-corrected chi connectivity index (χ4v) is 3.16. The van der Waals surface area contributed by atoms with Gasteiger partial charge in [0.1, 0.15) is 18.1 Å². The SMILES string of the molecule is Cc1noc(C)c1COc1ccc(C(=O)NCc2ccc(NC(=O)c3ccco3)cc2)cc1. The van der Waals surface area contributed by atoms with E-state index in [1.165, 1.54) is 6.26 Å². The maximum atomic E-state index is 12.5. The van der Waals surface area contributed by atoms with E-state index in [-0.39, 0.29) is 17.6 Å². The van der Waals surface area contributed by atoms with Crippen molar-refractivity contribution in [3.8, 4) is 5.75 Å². The van der Waals surface area contributed by atoms with Crippen molar-refractivity contribution in [3.63, 3.8) is 0 Å². The van der Waals surface area contributed by atoms with Gasteiger partial charge in [-0.3, -0.25) is 9.59 Å². The van der Waals surface area contributed by atoms with Crippen molar-refractivity contribution in [2.75, 3.05) is 5.32 Å². The molecule has 33 heavy (non-hydrogen) atoms. The average Bonchev–Trinajstić information content (AvgIpc) is 3.48. The van der Waals surface area contributed by atoms with E-state index in [4.69, 9.17) is 13.7 Å². The summed E-state index contributed by atoms with van der Waals surface area (Å²) in [6, 6.07) is 17.4. The first kappa shape index (κ1) is 21.9. The lowest BCUT2D eigenvalue weighted by Gasteiger charge is -2.09. The highest BCUT2D eigenvalue weighted by Gasteiger charge is 2.11. The Labute approximate surface area is 190 Å². The van der Waals surface area contributed by atoms with Crippen molar-refractivity contribution in [1.82, 2.24) is 10.5 Å². The van der Waals surface area contributed by atoms with Gasteiger partial charge in [-0.15, -0.1) is 0 Å². The minimum Gasteiger partial charge on any atom is -0.489 e. The van der Waals surface area contributed by atoms with Gasteiger partial charge in [0, 0.05) is 17.8 Å². The summed E-state index contributed by atoms with van der Waals surface area (Å²) in [6.07, 6.45) is 1.45. The minimum absolute atomic E-state index is 0.192. The zero-order valence-electron chi connectivity index (χ0n) is 18.3. The fourth-order valence-electron chi connectivity index (χ4n) is 3.16. The molecule has 0 aliphatic rings. The molecule has 4 rings (SSSR count). The Morgan fingerprint density at radius 2 is 1.73 bits per heavy atom. The Bertz CT molecular complexity index is 1210. The number of furan rings is 1. The molecule has 0 aliphatic carbocycles. The van der Waals surface area contributed by atoms with Crippen LogP contribution in [-0.2, 0) is 13.2 Å². The zero-order valence-corrected chi connectivity index (χ0v) is 18.3. The number of nitrogens with zero attached hydrogens (tertiary/aromatic N) is 1. The third-order valence-electron chi connectivity index (χ3n) is 5.09. The minimum atomic E-state index is -0.319. The highest BCUT2D eigenvalue weighted by molar-refractivity contribution is 6.02. The lowest BCUT2D eigenvalue weighted by molar-refractivity contribution is 0.0949. The van der Waals surface area contributed by atoms with E-state index in [2.05, 4.69) is 15.8 Å². The lowest BCUT2D eigenvalue weighted by Crippen LogP contribution is -2.22. The van der Waals surface area contributed by atoms with Gasteiger partial charge in [-0.05, 0) is 67.9 Å². The summed E-state index contributed by atoms with van der Waals surface area (Å²) in [5, 5.41) is 9.54. The van der Waals surface area contributed by atoms with Crippen LogP contribution in [0.2, 0.25) is 0 Å². The topological polar surface area (TPSA) is 107 Å². The second kappa shape index (κ2) is 9.86. The Hall–Kier alpha value is -4.33. The first-order chi connectivity index (χ1) is 16.0. The fraction of sp³-hybridized carbons (Fsp3) is 0.160. The number of hydrogen-bond donors (Lipinski definition) is 2. The van der Waals surface area contributed by atoms with Crippen molar-refractivity contribution in [2.24, 2.45) is 0 Å². The molecular formula is C25H23N3O5. The molecule has 2 aromatic carbocycles. The van der Waals surface area contributed by atoms with Crippen LogP contribution in [-0.4, -0.2) is 17.0 Å². The van der Waals surface area contributed by atoms with Crippen molar-refractivity contribution >= 4 is 17.5 Å². The van der Waals surface area contributed by atoms with E-state index in [1.54, 1.807) is 48.5 Å². The van der Waals surface area contributed by atoms with Crippen LogP contribution in [0.15, 0.2) is 75.9 Å². The monoisotopic (exact) mass is 445 g/mol. The first-order valence-corrected chi connectivity index (χ1v) is 10.4. The van der Waals surface area contributed by atoms with Gasteiger partial charge < -0.3 is 24.3 Å².